The number of pyridine rings is 1. The molecule has 6 nitrogen and oxygen atoms in total. The first-order valence-electron chi connectivity index (χ1n) is 10.7. The molecule has 1 amide bonds. The van der Waals surface area contributed by atoms with Crippen molar-refractivity contribution in [3.05, 3.63) is 95.3 Å². The summed E-state index contributed by atoms with van der Waals surface area (Å²) in [6.07, 6.45) is 5.74. The minimum atomic E-state index is -0.656. The Morgan fingerprint density at radius 2 is 1.62 bits per heavy atom. The predicted octanol–water partition coefficient (Wildman–Crippen LogP) is 4.51. The second-order valence-corrected chi connectivity index (χ2v) is 8.34. The summed E-state index contributed by atoms with van der Waals surface area (Å²) >= 11 is 0. The minimum Gasteiger partial charge on any atom is -0.450 e. The van der Waals surface area contributed by atoms with E-state index in [9.17, 15) is 14.4 Å². The topological polar surface area (TPSA) is 85.4 Å². The van der Waals surface area contributed by atoms with E-state index in [0.717, 1.165) is 5.56 Å². The molecule has 1 aromatic heterocycles. The summed E-state index contributed by atoms with van der Waals surface area (Å²) < 4.78 is 5.74. The molecular formula is C26H22N2O4. The molecule has 1 N–H and O–H groups in total. The zero-order valence-electron chi connectivity index (χ0n) is 17.4. The summed E-state index contributed by atoms with van der Waals surface area (Å²) in [6, 6.07) is 17.7. The second-order valence-electron chi connectivity index (χ2n) is 8.34. The number of hydrogen-bond acceptors (Lipinski definition) is 5. The Hall–Kier alpha value is -3.80. The molecule has 0 saturated heterocycles. The Labute approximate surface area is 185 Å². The van der Waals surface area contributed by atoms with Crippen molar-refractivity contribution in [2.24, 2.45) is 5.92 Å². The number of carbonyl (C=O) groups excluding carboxylic acids is 3. The summed E-state index contributed by atoms with van der Waals surface area (Å²) in [5.74, 6) is -0.583. The fourth-order valence-corrected chi connectivity index (χ4v) is 4.65. The lowest BCUT2D eigenvalue weighted by Gasteiger charge is -2.35. The van der Waals surface area contributed by atoms with Crippen LogP contribution in [0.4, 0.5) is 5.69 Å². The molecule has 32 heavy (non-hydrogen) atoms. The fraction of sp³-hybridized carbons (Fsp3) is 0.231. The van der Waals surface area contributed by atoms with E-state index in [2.05, 4.69) is 10.3 Å². The monoisotopic (exact) mass is 426 g/mol. The molecule has 0 bridgehead atoms. The van der Waals surface area contributed by atoms with Crippen LogP contribution in [-0.4, -0.2) is 22.6 Å². The molecule has 1 fully saturated rings. The summed E-state index contributed by atoms with van der Waals surface area (Å²) in [4.78, 5) is 41.7. The average Bonchev–Trinajstić information content (AvgIpc) is 3.11. The highest BCUT2D eigenvalue weighted by Crippen LogP contribution is 2.47. The molecule has 2 heterocycles. The first-order chi connectivity index (χ1) is 15.6. The van der Waals surface area contributed by atoms with E-state index < -0.39 is 5.60 Å². The lowest BCUT2D eigenvalue weighted by molar-refractivity contribution is -0.122. The van der Waals surface area contributed by atoms with Gasteiger partial charge in [-0.3, -0.25) is 14.6 Å². The third-order valence-corrected chi connectivity index (χ3v) is 6.43. The Morgan fingerprint density at radius 3 is 2.34 bits per heavy atom. The van der Waals surface area contributed by atoms with Crippen molar-refractivity contribution < 1.29 is 19.1 Å². The van der Waals surface area contributed by atoms with Crippen molar-refractivity contribution in [2.45, 2.75) is 31.3 Å². The van der Waals surface area contributed by atoms with Gasteiger partial charge in [-0.1, -0.05) is 30.3 Å². The first kappa shape index (κ1) is 20.1. The molecule has 160 valence electrons. The van der Waals surface area contributed by atoms with Gasteiger partial charge in [-0.2, -0.15) is 0 Å². The number of aromatic nitrogens is 1. The zero-order chi connectivity index (χ0) is 22.1. The van der Waals surface area contributed by atoms with Crippen molar-refractivity contribution in [1.29, 1.82) is 0 Å². The van der Waals surface area contributed by atoms with Gasteiger partial charge in [0.1, 0.15) is 5.60 Å². The van der Waals surface area contributed by atoms with Crippen LogP contribution in [-0.2, 0) is 15.1 Å². The van der Waals surface area contributed by atoms with Crippen molar-refractivity contribution in [2.75, 3.05) is 5.32 Å². The molecule has 6 heteroatoms. The Balaban J connectivity index is 1.22. The first-order valence-corrected chi connectivity index (χ1v) is 10.7. The SMILES string of the molecule is O=C(c1ccccc1)c1ccc(NC(=O)C2CCC3(CC2)OC(=O)c2ccncc23)cc1. The molecule has 2 aliphatic rings. The predicted molar refractivity (Wildman–Crippen MR) is 118 cm³/mol. The number of rotatable bonds is 4. The van der Waals surface area contributed by atoms with E-state index in [-0.39, 0.29) is 23.6 Å². The normalized spacial score (nSPS) is 21.6. The molecule has 1 spiro atoms. The van der Waals surface area contributed by atoms with Gasteiger partial charge in [0.25, 0.3) is 0 Å². The molecule has 1 aliphatic carbocycles. The van der Waals surface area contributed by atoms with Crippen LogP contribution >= 0.6 is 0 Å². The summed E-state index contributed by atoms with van der Waals surface area (Å²) in [5, 5.41) is 2.95. The van der Waals surface area contributed by atoms with E-state index in [1.54, 1.807) is 54.9 Å². The van der Waals surface area contributed by atoms with E-state index in [1.165, 1.54) is 0 Å². The fourth-order valence-electron chi connectivity index (χ4n) is 4.65. The molecular weight excluding hydrogens is 404 g/mol. The van der Waals surface area contributed by atoms with Gasteiger partial charge in [-0.25, -0.2) is 4.79 Å². The number of fused-ring (bicyclic) bond motifs is 2. The van der Waals surface area contributed by atoms with Crippen LogP contribution in [0.5, 0.6) is 0 Å². The van der Waals surface area contributed by atoms with Crippen LogP contribution in [0.15, 0.2) is 73.1 Å². The van der Waals surface area contributed by atoms with E-state index in [1.807, 2.05) is 18.2 Å². The number of esters is 1. The van der Waals surface area contributed by atoms with Crippen molar-refractivity contribution in [1.82, 2.24) is 4.98 Å². The van der Waals surface area contributed by atoms with Gasteiger partial charge in [-0.15, -0.1) is 0 Å². The van der Waals surface area contributed by atoms with Gasteiger partial charge in [-0.05, 0) is 56.0 Å². The van der Waals surface area contributed by atoms with Crippen molar-refractivity contribution in [3.8, 4) is 0 Å². The number of anilines is 1. The van der Waals surface area contributed by atoms with Gasteiger partial charge in [0, 0.05) is 40.7 Å². The van der Waals surface area contributed by atoms with Crippen LogP contribution in [0.1, 0.15) is 57.5 Å². The van der Waals surface area contributed by atoms with Crippen LogP contribution in [0.3, 0.4) is 0 Å². The third-order valence-electron chi connectivity index (χ3n) is 6.43. The molecule has 0 radical (unpaired) electrons. The Bertz CT molecular complexity index is 1180. The minimum absolute atomic E-state index is 0.0538. The Kier molecular flexibility index (Phi) is 5.05. The number of ether oxygens (including phenoxy) is 1. The number of nitrogens with one attached hydrogen (secondary N) is 1. The van der Waals surface area contributed by atoms with Crippen LogP contribution in [0, 0.1) is 5.92 Å². The van der Waals surface area contributed by atoms with Gasteiger partial charge in [0.15, 0.2) is 5.78 Å². The maximum atomic E-state index is 12.8. The quantitative estimate of drug-likeness (QED) is 0.490. The van der Waals surface area contributed by atoms with Crippen LogP contribution < -0.4 is 5.32 Å². The smallest absolute Gasteiger partial charge is 0.339 e. The van der Waals surface area contributed by atoms with Gasteiger partial charge >= 0.3 is 5.97 Å². The number of carbonyl (C=O) groups is 3. The molecule has 2 aromatic carbocycles. The second kappa shape index (κ2) is 8.04. The van der Waals surface area contributed by atoms with Gasteiger partial charge < -0.3 is 10.1 Å². The summed E-state index contributed by atoms with van der Waals surface area (Å²) in [5.41, 5.74) is 2.61. The summed E-state index contributed by atoms with van der Waals surface area (Å²) in [7, 11) is 0. The highest BCUT2D eigenvalue weighted by Gasteiger charge is 2.48. The largest absolute Gasteiger partial charge is 0.450 e. The number of nitrogens with zero attached hydrogens (tertiary/aromatic N) is 1. The third kappa shape index (κ3) is 3.58. The lowest BCUT2D eigenvalue weighted by atomic mass is 9.75. The molecule has 0 unspecified atom stereocenters. The van der Waals surface area contributed by atoms with E-state index in [4.69, 9.17) is 4.74 Å². The lowest BCUT2D eigenvalue weighted by Crippen LogP contribution is -2.36. The molecule has 1 saturated carbocycles. The van der Waals surface area contributed by atoms with Gasteiger partial charge in [0.05, 0.1) is 5.56 Å². The molecule has 3 aromatic rings. The number of amides is 1. The highest BCUT2D eigenvalue weighted by atomic mass is 16.6. The highest BCUT2D eigenvalue weighted by molar-refractivity contribution is 6.09. The maximum Gasteiger partial charge on any atom is 0.339 e. The maximum absolute atomic E-state index is 12.8. The number of hydrogen-bond donors (Lipinski definition) is 1. The van der Waals surface area contributed by atoms with Gasteiger partial charge in [0.2, 0.25) is 5.91 Å². The van der Waals surface area contributed by atoms with Crippen LogP contribution in [0.25, 0.3) is 0 Å². The number of ketones is 1. The van der Waals surface area contributed by atoms with Crippen molar-refractivity contribution >= 4 is 23.3 Å². The molecule has 5 rings (SSSR count). The Morgan fingerprint density at radius 1 is 0.938 bits per heavy atom. The van der Waals surface area contributed by atoms with E-state index in [0.29, 0.717) is 48.1 Å². The van der Waals surface area contributed by atoms with Crippen LogP contribution in [0.2, 0.25) is 0 Å². The molecule has 0 atom stereocenters. The number of benzene rings is 2. The molecule has 1 aliphatic heterocycles. The average molecular weight is 426 g/mol. The summed E-state index contributed by atoms with van der Waals surface area (Å²) in [6.45, 7) is 0. The van der Waals surface area contributed by atoms with Crippen molar-refractivity contribution in [3.63, 3.8) is 0 Å². The standard InChI is InChI=1S/C26H22N2O4/c29-23(17-4-2-1-3-5-17)18-6-8-20(9-7-18)28-24(30)19-10-13-26(14-11-19)22-16-27-15-12-21(22)25(31)32-26/h1-9,12,15-16,19H,10-11,13-14H2,(H,28,30). The van der Waals surface area contributed by atoms with E-state index >= 15 is 0 Å². The zero-order valence-corrected chi connectivity index (χ0v) is 17.4.